The Balaban J connectivity index is 1.29. The Morgan fingerprint density at radius 1 is 1.08 bits per heavy atom. The van der Waals surface area contributed by atoms with E-state index in [-0.39, 0.29) is 29.8 Å². The predicted octanol–water partition coefficient (Wildman–Crippen LogP) is 3.57. The zero-order valence-electron chi connectivity index (χ0n) is 20.1. The number of rotatable bonds is 6. The molecule has 3 N–H and O–H groups in total. The molecule has 3 heterocycles. The minimum absolute atomic E-state index is 0.0788. The van der Waals surface area contributed by atoms with E-state index in [2.05, 4.69) is 15.3 Å². The molecule has 9 nitrogen and oxygen atoms in total. The SMILES string of the molecule is Nc1ncnc2cc(CN3CCN(C(=O)C(=CNC(=O)c4ccccc4)c4ccc(Cl)s4)CC3=O)ccc12. The minimum Gasteiger partial charge on any atom is -0.383 e. The minimum atomic E-state index is -0.359. The molecular weight excluding hydrogens is 524 g/mol. The average Bonchev–Trinajstić information content (AvgIpc) is 3.36. The van der Waals surface area contributed by atoms with Gasteiger partial charge in [0.2, 0.25) is 5.91 Å². The average molecular weight is 547 g/mol. The Kier molecular flexibility index (Phi) is 7.34. The number of piperazine rings is 1. The van der Waals surface area contributed by atoms with Crippen LogP contribution in [0, 0.1) is 0 Å². The van der Waals surface area contributed by atoms with Crippen molar-refractivity contribution in [1.82, 2.24) is 25.1 Å². The number of nitrogen functional groups attached to an aromatic ring is 1. The fraction of sp³-hybridized carbons (Fsp3) is 0.148. The van der Waals surface area contributed by atoms with Crippen LogP contribution in [0.25, 0.3) is 16.5 Å². The number of benzene rings is 2. The first-order valence-corrected chi connectivity index (χ1v) is 13.0. The van der Waals surface area contributed by atoms with Crippen LogP contribution in [0.5, 0.6) is 0 Å². The zero-order chi connectivity index (χ0) is 26.6. The number of aromatic nitrogens is 2. The third-order valence-electron chi connectivity index (χ3n) is 6.16. The van der Waals surface area contributed by atoms with Crippen LogP contribution in [0.2, 0.25) is 4.34 Å². The maximum Gasteiger partial charge on any atom is 0.257 e. The van der Waals surface area contributed by atoms with Crippen molar-refractivity contribution in [2.45, 2.75) is 6.54 Å². The molecule has 4 aromatic rings. The molecular formula is C27H23ClN6O3S. The molecule has 0 aliphatic carbocycles. The number of nitrogens with zero attached hydrogens (tertiary/aromatic N) is 4. The molecule has 11 heteroatoms. The van der Waals surface area contributed by atoms with Gasteiger partial charge in [0, 0.05) is 41.7 Å². The molecule has 2 aromatic carbocycles. The molecule has 0 bridgehead atoms. The van der Waals surface area contributed by atoms with Crippen molar-refractivity contribution in [3.63, 3.8) is 0 Å². The summed E-state index contributed by atoms with van der Waals surface area (Å²) in [4.78, 5) is 51.2. The van der Waals surface area contributed by atoms with E-state index in [0.717, 1.165) is 10.9 Å². The van der Waals surface area contributed by atoms with Crippen LogP contribution >= 0.6 is 22.9 Å². The molecule has 0 atom stereocenters. The highest BCUT2D eigenvalue weighted by molar-refractivity contribution is 7.17. The fourth-order valence-corrected chi connectivity index (χ4v) is 5.22. The number of fused-ring (bicyclic) bond motifs is 1. The van der Waals surface area contributed by atoms with Crippen LogP contribution < -0.4 is 11.1 Å². The maximum atomic E-state index is 13.5. The highest BCUT2D eigenvalue weighted by atomic mass is 35.5. The Labute approximate surface area is 227 Å². The largest absolute Gasteiger partial charge is 0.383 e. The number of carbonyl (C=O) groups is 3. The first-order chi connectivity index (χ1) is 18.4. The molecule has 1 fully saturated rings. The van der Waals surface area contributed by atoms with E-state index in [1.165, 1.54) is 28.8 Å². The van der Waals surface area contributed by atoms with Crippen molar-refractivity contribution >= 4 is 63.0 Å². The number of halogens is 1. The molecule has 5 rings (SSSR count). The molecule has 1 aliphatic heterocycles. The van der Waals surface area contributed by atoms with Gasteiger partial charge in [0.25, 0.3) is 11.8 Å². The van der Waals surface area contributed by atoms with Gasteiger partial charge >= 0.3 is 0 Å². The van der Waals surface area contributed by atoms with Gasteiger partial charge in [0.15, 0.2) is 0 Å². The van der Waals surface area contributed by atoms with E-state index in [4.69, 9.17) is 17.3 Å². The summed E-state index contributed by atoms with van der Waals surface area (Å²) in [6.45, 7) is 1.02. The molecule has 3 amide bonds. The maximum absolute atomic E-state index is 13.5. The fourth-order valence-electron chi connectivity index (χ4n) is 4.17. The van der Waals surface area contributed by atoms with Gasteiger partial charge in [0.05, 0.1) is 15.4 Å². The quantitative estimate of drug-likeness (QED) is 0.357. The first-order valence-electron chi connectivity index (χ1n) is 11.8. The number of carbonyl (C=O) groups excluding carboxylic acids is 3. The summed E-state index contributed by atoms with van der Waals surface area (Å²) in [5, 5.41) is 3.45. The van der Waals surface area contributed by atoms with Crippen molar-refractivity contribution < 1.29 is 14.4 Å². The lowest BCUT2D eigenvalue weighted by Gasteiger charge is -2.34. The molecule has 2 aromatic heterocycles. The van der Waals surface area contributed by atoms with Gasteiger partial charge in [-0.1, -0.05) is 35.9 Å². The van der Waals surface area contributed by atoms with Crippen molar-refractivity contribution in [2.24, 2.45) is 0 Å². The lowest BCUT2D eigenvalue weighted by Crippen LogP contribution is -2.52. The van der Waals surface area contributed by atoms with Gasteiger partial charge < -0.3 is 20.9 Å². The van der Waals surface area contributed by atoms with Crippen molar-refractivity contribution in [1.29, 1.82) is 0 Å². The van der Waals surface area contributed by atoms with E-state index in [1.54, 1.807) is 41.3 Å². The molecule has 0 radical (unpaired) electrons. The third-order valence-corrected chi connectivity index (χ3v) is 7.43. The third kappa shape index (κ3) is 5.51. The highest BCUT2D eigenvalue weighted by Gasteiger charge is 2.30. The van der Waals surface area contributed by atoms with Crippen LogP contribution in [0.15, 0.2) is 73.2 Å². The molecule has 0 saturated carbocycles. The van der Waals surface area contributed by atoms with Crippen molar-refractivity contribution in [3.05, 3.63) is 93.5 Å². The Bertz CT molecular complexity index is 1550. The lowest BCUT2D eigenvalue weighted by molar-refractivity contribution is -0.143. The first kappa shape index (κ1) is 25.4. The van der Waals surface area contributed by atoms with Gasteiger partial charge in [-0.05, 0) is 42.0 Å². The topological polar surface area (TPSA) is 122 Å². The van der Waals surface area contributed by atoms with Crippen LogP contribution in [-0.2, 0) is 16.1 Å². The summed E-state index contributed by atoms with van der Waals surface area (Å²) < 4.78 is 0.511. The van der Waals surface area contributed by atoms with Crippen molar-refractivity contribution in [3.8, 4) is 0 Å². The second-order valence-electron chi connectivity index (χ2n) is 8.65. The molecule has 38 heavy (non-hydrogen) atoms. The summed E-state index contributed by atoms with van der Waals surface area (Å²) in [5.74, 6) is -0.478. The Morgan fingerprint density at radius 2 is 1.89 bits per heavy atom. The van der Waals surface area contributed by atoms with Gasteiger partial charge in [0.1, 0.15) is 18.7 Å². The number of anilines is 1. The normalized spacial score (nSPS) is 14.1. The van der Waals surface area contributed by atoms with Crippen molar-refractivity contribution in [2.75, 3.05) is 25.4 Å². The Morgan fingerprint density at radius 3 is 2.63 bits per heavy atom. The number of nitrogens with two attached hydrogens (primary N) is 1. The summed E-state index contributed by atoms with van der Waals surface area (Å²) in [7, 11) is 0. The standard InChI is InChI=1S/C27H23ClN6O3S/c28-23-9-8-22(38-23)20(13-30-26(36)18-4-2-1-3-5-18)27(37)34-11-10-33(24(35)15-34)14-17-6-7-19-21(12-17)31-16-32-25(19)29/h1-9,12-13,16H,10-11,14-15H2,(H,30,36)(H2,29,31,32). The van der Waals surface area contributed by atoms with Gasteiger partial charge in [-0.2, -0.15) is 0 Å². The lowest BCUT2D eigenvalue weighted by atomic mass is 10.1. The number of thiophene rings is 1. The van der Waals surface area contributed by atoms with Crippen LogP contribution in [-0.4, -0.2) is 57.1 Å². The van der Waals surface area contributed by atoms with E-state index in [0.29, 0.717) is 45.7 Å². The Hall–Kier alpha value is -4.28. The number of nitrogens with one attached hydrogen (secondary N) is 1. The van der Waals surface area contributed by atoms with Gasteiger partial charge in [-0.25, -0.2) is 9.97 Å². The van der Waals surface area contributed by atoms with Crippen LogP contribution in [0.3, 0.4) is 0 Å². The number of hydrogen-bond acceptors (Lipinski definition) is 7. The molecule has 1 saturated heterocycles. The summed E-state index contributed by atoms with van der Waals surface area (Å²) in [6.07, 6.45) is 2.80. The van der Waals surface area contributed by atoms with Gasteiger partial charge in [-0.3, -0.25) is 14.4 Å². The van der Waals surface area contributed by atoms with E-state index < -0.39 is 0 Å². The predicted molar refractivity (Wildman–Crippen MR) is 147 cm³/mol. The van der Waals surface area contributed by atoms with Crippen LogP contribution in [0.1, 0.15) is 20.8 Å². The second-order valence-corrected chi connectivity index (χ2v) is 10.4. The smallest absolute Gasteiger partial charge is 0.257 e. The van der Waals surface area contributed by atoms with E-state index in [9.17, 15) is 14.4 Å². The number of amides is 3. The molecule has 0 spiro atoms. The second kappa shape index (κ2) is 11.0. The van der Waals surface area contributed by atoms with Crippen LogP contribution in [0.4, 0.5) is 5.82 Å². The van der Waals surface area contributed by atoms with E-state index >= 15 is 0 Å². The molecule has 1 aliphatic rings. The monoisotopic (exact) mass is 546 g/mol. The number of hydrogen-bond donors (Lipinski definition) is 2. The summed E-state index contributed by atoms with van der Waals surface area (Å²) in [5.41, 5.74) is 8.24. The molecule has 192 valence electrons. The zero-order valence-corrected chi connectivity index (χ0v) is 21.7. The van der Waals surface area contributed by atoms with Gasteiger partial charge in [-0.15, -0.1) is 11.3 Å². The van der Waals surface area contributed by atoms with E-state index in [1.807, 2.05) is 24.3 Å². The summed E-state index contributed by atoms with van der Waals surface area (Å²) >= 11 is 7.35. The molecule has 0 unspecified atom stereocenters. The highest BCUT2D eigenvalue weighted by Crippen LogP contribution is 2.29. The summed E-state index contributed by atoms with van der Waals surface area (Å²) in [6, 6.07) is 17.7.